The van der Waals surface area contributed by atoms with E-state index in [9.17, 15) is 0 Å². The third kappa shape index (κ3) is 4.41. The summed E-state index contributed by atoms with van der Waals surface area (Å²) >= 11 is 0. The van der Waals surface area contributed by atoms with Crippen LogP contribution in [0.15, 0.2) is 176 Å². The van der Waals surface area contributed by atoms with E-state index >= 15 is 0 Å². The van der Waals surface area contributed by atoms with Crippen LogP contribution in [0, 0.1) is 0 Å². The Kier molecular flexibility index (Phi) is 6.49. The van der Waals surface area contributed by atoms with E-state index in [1.54, 1.807) is 12.4 Å². The van der Waals surface area contributed by atoms with Crippen molar-refractivity contribution in [3.05, 3.63) is 176 Å². The molecule has 3 heteroatoms. The summed E-state index contributed by atoms with van der Waals surface area (Å²) < 4.78 is 0. The average molecular weight is 636 g/mol. The molecule has 0 atom stereocenters. The van der Waals surface area contributed by atoms with Crippen LogP contribution in [-0.2, 0) is 0 Å². The lowest BCUT2D eigenvalue weighted by atomic mass is 9.82. The van der Waals surface area contributed by atoms with Gasteiger partial charge in [0.25, 0.3) is 0 Å². The Morgan fingerprint density at radius 1 is 0.320 bits per heavy atom. The summed E-state index contributed by atoms with van der Waals surface area (Å²) in [5.41, 5.74) is 16.0. The van der Waals surface area contributed by atoms with Crippen LogP contribution in [-0.4, -0.2) is 15.0 Å². The molecule has 9 aromatic rings. The van der Waals surface area contributed by atoms with Crippen molar-refractivity contribution in [1.29, 1.82) is 0 Å². The highest BCUT2D eigenvalue weighted by Gasteiger charge is 2.31. The molecule has 0 bridgehead atoms. The smallest absolute Gasteiger partial charge is 0.108 e. The minimum absolute atomic E-state index is 0.761. The van der Waals surface area contributed by atoms with Crippen molar-refractivity contribution in [3.63, 3.8) is 0 Å². The minimum atomic E-state index is 0.761. The molecule has 0 unspecified atom stereocenters. The fraction of sp³-hybridized carbons (Fsp3) is 0. The topological polar surface area (TPSA) is 38.7 Å². The Labute approximate surface area is 290 Å². The monoisotopic (exact) mass is 635 g/mol. The zero-order chi connectivity index (χ0) is 33.0. The van der Waals surface area contributed by atoms with Crippen LogP contribution in [0.5, 0.6) is 0 Å². The first kappa shape index (κ1) is 28.3. The number of hydrogen-bond donors (Lipinski definition) is 0. The lowest BCUT2D eigenvalue weighted by Gasteiger charge is -2.20. The lowest BCUT2D eigenvalue weighted by Crippen LogP contribution is -1.93. The molecule has 0 spiro atoms. The van der Waals surface area contributed by atoms with Gasteiger partial charge in [0.05, 0.1) is 23.8 Å². The Hall–Kier alpha value is -6.71. The highest BCUT2D eigenvalue weighted by molar-refractivity contribution is 6.28. The second-order valence-electron chi connectivity index (χ2n) is 12.7. The lowest BCUT2D eigenvalue weighted by molar-refractivity contribution is 1.18. The fourth-order valence-corrected chi connectivity index (χ4v) is 7.82. The standard InChI is InChI=1S/C47H29N3/c1-3-12-32(13-4-1)43-36-16-7-8-17-37(36)44(33-14-5-2-6-15-33)47-39-26-25-34(35-18-11-19-38(45(35)39)46(43)47)30-21-23-31(24-22-30)41-28-48-29-42(50-41)40-20-9-10-27-49-40/h1-29H. The van der Waals surface area contributed by atoms with E-state index in [0.717, 1.165) is 22.6 Å². The summed E-state index contributed by atoms with van der Waals surface area (Å²) in [6.07, 6.45) is 5.36. The summed E-state index contributed by atoms with van der Waals surface area (Å²) in [4.78, 5) is 13.8. The Balaban J connectivity index is 1.17. The highest BCUT2D eigenvalue weighted by Crippen LogP contribution is 2.58. The molecule has 0 saturated carbocycles. The van der Waals surface area contributed by atoms with Crippen molar-refractivity contribution in [1.82, 2.24) is 15.0 Å². The van der Waals surface area contributed by atoms with Gasteiger partial charge in [0.1, 0.15) is 5.69 Å². The van der Waals surface area contributed by atoms with Gasteiger partial charge in [-0.2, -0.15) is 0 Å². The van der Waals surface area contributed by atoms with E-state index in [0.29, 0.717) is 0 Å². The van der Waals surface area contributed by atoms with Crippen LogP contribution in [0.25, 0.3) is 99.8 Å². The fourth-order valence-electron chi connectivity index (χ4n) is 7.82. The summed E-state index contributed by atoms with van der Waals surface area (Å²) in [5.74, 6) is 0. The van der Waals surface area contributed by atoms with Crippen LogP contribution < -0.4 is 0 Å². The van der Waals surface area contributed by atoms with Gasteiger partial charge in [-0.3, -0.25) is 9.97 Å². The van der Waals surface area contributed by atoms with Crippen LogP contribution >= 0.6 is 0 Å². The maximum absolute atomic E-state index is 4.88. The van der Waals surface area contributed by atoms with E-state index in [1.165, 1.54) is 77.2 Å². The van der Waals surface area contributed by atoms with Gasteiger partial charge in [0.2, 0.25) is 0 Å². The molecule has 0 saturated heterocycles. The molecule has 0 amide bonds. The average Bonchev–Trinajstić information content (AvgIpc) is 3.53. The molecule has 2 aromatic heterocycles. The first-order valence-electron chi connectivity index (χ1n) is 16.9. The number of aromatic nitrogens is 3. The largest absolute Gasteiger partial charge is 0.260 e. The van der Waals surface area contributed by atoms with Crippen molar-refractivity contribution in [2.75, 3.05) is 0 Å². The number of hydrogen-bond acceptors (Lipinski definition) is 3. The normalized spacial score (nSPS) is 11.6. The van der Waals surface area contributed by atoms with Gasteiger partial charge in [-0.25, -0.2) is 4.98 Å². The van der Waals surface area contributed by atoms with Gasteiger partial charge in [0, 0.05) is 11.8 Å². The maximum Gasteiger partial charge on any atom is 0.108 e. The summed E-state index contributed by atoms with van der Waals surface area (Å²) in [7, 11) is 0. The van der Waals surface area contributed by atoms with Gasteiger partial charge in [-0.05, 0) is 89.3 Å². The second-order valence-corrected chi connectivity index (χ2v) is 12.7. The molecule has 10 rings (SSSR count). The molecule has 2 heterocycles. The van der Waals surface area contributed by atoms with E-state index in [2.05, 4.69) is 149 Å². The molecule has 50 heavy (non-hydrogen) atoms. The third-order valence-corrected chi connectivity index (χ3v) is 9.97. The van der Waals surface area contributed by atoms with Gasteiger partial charge in [-0.15, -0.1) is 0 Å². The summed E-state index contributed by atoms with van der Waals surface area (Å²) in [6.45, 7) is 0. The molecule has 0 N–H and O–H groups in total. The Morgan fingerprint density at radius 2 is 0.880 bits per heavy atom. The zero-order valence-electron chi connectivity index (χ0n) is 27.1. The van der Waals surface area contributed by atoms with Gasteiger partial charge < -0.3 is 0 Å². The SMILES string of the molecule is c1ccc(-c2c3c(c(-c4ccccc4)c4ccccc24)-c2ccc(-c4ccc(-c5cncc(-c6ccccn6)n5)cc4)c4cccc-3c24)cc1. The van der Waals surface area contributed by atoms with Gasteiger partial charge >= 0.3 is 0 Å². The van der Waals surface area contributed by atoms with Crippen LogP contribution in [0.2, 0.25) is 0 Å². The molecule has 3 nitrogen and oxygen atoms in total. The van der Waals surface area contributed by atoms with Crippen LogP contribution in [0.3, 0.4) is 0 Å². The molecule has 0 fully saturated rings. The Bertz CT molecular complexity index is 2630. The first-order chi connectivity index (χ1) is 24.8. The number of fused-ring (bicyclic) bond motifs is 4. The van der Waals surface area contributed by atoms with Crippen molar-refractivity contribution in [3.8, 4) is 78.3 Å². The molecule has 7 aromatic carbocycles. The van der Waals surface area contributed by atoms with E-state index in [1.807, 2.05) is 24.4 Å². The first-order valence-corrected chi connectivity index (χ1v) is 16.9. The quantitative estimate of drug-likeness (QED) is 0.189. The van der Waals surface area contributed by atoms with E-state index in [4.69, 9.17) is 4.98 Å². The third-order valence-electron chi connectivity index (χ3n) is 9.97. The highest BCUT2D eigenvalue weighted by atomic mass is 14.8. The molecule has 0 radical (unpaired) electrons. The van der Waals surface area contributed by atoms with Crippen molar-refractivity contribution < 1.29 is 0 Å². The van der Waals surface area contributed by atoms with Gasteiger partial charge in [0.15, 0.2) is 0 Å². The van der Waals surface area contributed by atoms with Crippen molar-refractivity contribution in [2.45, 2.75) is 0 Å². The molecular formula is C47H29N3. The maximum atomic E-state index is 4.88. The van der Waals surface area contributed by atoms with E-state index < -0.39 is 0 Å². The van der Waals surface area contributed by atoms with Gasteiger partial charge in [-0.1, -0.05) is 146 Å². The van der Waals surface area contributed by atoms with Crippen molar-refractivity contribution >= 4 is 21.5 Å². The van der Waals surface area contributed by atoms with E-state index in [-0.39, 0.29) is 0 Å². The predicted octanol–water partition coefficient (Wildman–Crippen LogP) is 12.2. The molecule has 1 aliphatic carbocycles. The summed E-state index contributed by atoms with van der Waals surface area (Å²) in [6, 6.07) is 56.7. The zero-order valence-corrected chi connectivity index (χ0v) is 27.1. The van der Waals surface area contributed by atoms with Crippen LogP contribution in [0.1, 0.15) is 0 Å². The number of nitrogens with zero attached hydrogens (tertiary/aromatic N) is 3. The number of rotatable bonds is 5. The second kappa shape index (κ2) is 11.5. The molecule has 232 valence electrons. The molecular weight excluding hydrogens is 607 g/mol. The molecule has 1 aliphatic rings. The number of benzene rings is 7. The minimum Gasteiger partial charge on any atom is -0.260 e. The van der Waals surface area contributed by atoms with Crippen LogP contribution in [0.4, 0.5) is 0 Å². The predicted molar refractivity (Wildman–Crippen MR) is 206 cm³/mol. The molecule has 0 aliphatic heterocycles. The van der Waals surface area contributed by atoms with Crippen molar-refractivity contribution in [2.24, 2.45) is 0 Å². The Morgan fingerprint density at radius 3 is 1.54 bits per heavy atom. The number of pyridine rings is 1. The summed E-state index contributed by atoms with van der Waals surface area (Å²) in [5, 5.41) is 5.10.